The molecule has 1 amide bonds. The summed E-state index contributed by atoms with van der Waals surface area (Å²) in [5, 5.41) is 7.75. The number of piperazine rings is 1. The number of halogens is 1. The number of anilines is 1. The van der Waals surface area contributed by atoms with Crippen LogP contribution in [0.15, 0.2) is 18.2 Å². The van der Waals surface area contributed by atoms with Crippen LogP contribution in [0.2, 0.25) is 5.02 Å². The summed E-state index contributed by atoms with van der Waals surface area (Å²) in [6.07, 6.45) is 0. The molecule has 0 saturated carbocycles. The van der Waals surface area contributed by atoms with Gasteiger partial charge < -0.3 is 4.90 Å². The molecule has 2 heterocycles. The summed E-state index contributed by atoms with van der Waals surface area (Å²) in [7, 11) is 0. The van der Waals surface area contributed by atoms with Gasteiger partial charge in [0, 0.05) is 25.3 Å². The summed E-state index contributed by atoms with van der Waals surface area (Å²) in [5.41, 5.74) is 5.00. The van der Waals surface area contributed by atoms with Crippen molar-refractivity contribution in [2.75, 3.05) is 24.5 Å². The molecule has 1 aromatic carbocycles. The number of aryl methyl sites for hydroxylation is 3. The third-order valence-electron chi connectivity index (χ3n) is 4.13. The van der Waals surface area contributed by atoms with Gasteiger partial charge in [0.15, 0.2) is 0 Å². The van der Waals surface area contributed by atoms with Gasteiger partial charge in [-0.1, -0.05) is 17.7 Å². The van der Waals surface area contributed by atoms with Gasteiger partial charge in [-0.2, -0.15) is 5.10 Å². The highest BCUT2D eigenvalue weighted by Gasteiger charge is 2.26. The molecule has 0 atom stereocenters. The molecule has 1 fully saturated rings. The minimum absolute atomic E-state index is 0.115. The molecule has 1 aliphatic heterocycles. The van der Waals surface area contributed by atoms with Crippen LogP contribution in [0.3, 0.4) is 0 Å². The average molecular weight is 333 g/mol. The fourth-order valence-electron chi connectivity index (χ4n) is 3.02. The van der Waals surface area contributed by atoms with Crippen molar-refractivity contribution in [2.45, 2.75) is 27.3 Å². The van der Waals surface area contributed by atoms with Gasteiger partial charge in [0.05, 0.1) is 23.0 Å². The van der Waals surface area contributed by atoms with E-state index >= 15 is 0 Å². The quantitative estimate of drug-likeness (QED) is 0.940. The summed E-state index contributed by atoms with van der Waals surface area (Å²) in [5.74, 6) is 0.115. The third kappa shape index (κ3) is 3.41. The molecule has 0 bridgehead atoms. The second kappa shape index (κ2) is 6.34. The lowest BCUT2D eigenvalue weighted by Gasteiger charge is -2.34. The molecule has 2 aromatic rings. The van der Waals surface area contributed by atoms with Gasteiger partial charge in [0.1, 0.15) is 0 Å². The number of hydrogen-bond donors (Lipinski definition) is 1. The maximum Gasteiger partial charge on any atom is 0.241 e. The first-order valence-electron chi connectivity index (χ1n) is 7.74. The maximum absolute atomic E-state index is 12.5. The molecule has 23 heavy (non-hydrogen) atoms. The van der Waals surface area contributed by atoms with Gasteiger partial charge in [0.2, 0.25) is 5.91 Å². The van der Waals surface area contributed by atoms with E-state index in [-0.39, 0.29) is 5.91 Å². The van der Waals surface area contributed by atoms with Crippen molar-refractivity contribution in [1.29, 1.82) is 0 Å². The highest BCUT2D eigenvalue weighted by Crippen LogP contribution is 2.23. The van der Waals surface area contributed by atoms with E-state index in [1.54, 1.807) is 0 Å². The van der Waals surface area contributed by atoms with Crippen LogP contribution in [-0.4, -0.2) is 40.6 Å². The first-order valence-corrected chi connectivity index (χ1v) is 8.12. The molecule has 1 aliphatic rings. The topological polar surface area (TPSA) is 52.2 Å². The number of carbonyl (C=O) groups excluding carboxylic acids is 1. The molecular weight excluding hydrogens is 312 g/mol. The molecule has 1 aromatic heterocycles. The first-order chi connectivity index (χ1) is 10.9. The zero-order valence-electron chi connectivity index (χ0n) is 13.7. The highest BCUT2D eigenvalue weighted by atomic mass is 35.5. The predicted octanol–water partition coefficient (Wildman–Crippen LogP) is 2.84. The van der Waals surface area contributed by atoms with Crippen LogP contribution in [0.5, 0.6) is 0 Å². The molecule has 1 N–H and O–H groups in total. The van der Waals surface area contributed by atoms with Crippen molar-refractivity contribution < 1.29 is 4.79 Å². The van der Waals surface area contributed by atoms with E-state index in [0.29, 0.717) is 24.7 Å². The molecule has 5 nitrogen and oxygen atoms in total. The number of nitrogens with zero attached hydrogens (tertiary/aromatic N) is 3. The molecule has 3 rings (SSSR count). The zero-order chi connectivity index (χ0) is 16.6. The number of amides is 1. The summed E-state index contributed by atoms with van der Waals surface area (Å²) in [4.78, 5) is 16.5. The molecule has 1 saturated heterocycles. The number of rotatable bonds is 3. The van der Waals surface area contributed by atoms with Crippen molar-refractivity contribution >= 4 is 23.2 Å². The monoisotopic (exact) mass is 332 g/mol. The second-order valence-electron chi connectivity index (χ2n) is 6.21. The maximum atomic E-state index is 12.5. The minimum Gasteiger partial charge on any atom is -0.310 e. The Balaban J connectivity index is 1.70. The van der Waals surface area contributed by atoms with Crippen LogP contribution >= 0.6 is 11.6 Å². The Bertz CT molecular complexity index is 720. The van der Waals surface area contributed by atoms with E-state index in [9.17, 15) is 4.79 Å². The lowest BCUT2D eigenvalue weighted by atomic mass is 10.1. The number of aromatic nitrogens is 2. The van der Waals surface area contributed by atoms with Gasteiger partial charge in [-0.3, -0.25) is 14.8 Å². The standard InChI is InChI=1S/C17H21ClN4O/c1-11-6-12(2)8-14(7-11)22-5-4-21(10-16(22)23)9-15-17(18)13(3)19-20-15/h6-8H,4-5,9-10H2,1-3H3,(H,19,20). The summed E-state index contributed by atoms with van der Waals surface area (Å²) >= 11 is 6.21. The number of hydrogen-bond acceptors (Lipinski definition) is 3. The molecular formula is C17H21ClN4O. The van der Waals surface area contributed by atoms with E-state index < -0.39 is 0 Å². The summed E-state index contributed by atoms with van der Waals surface area (Å²) in [6.45, 7) is 8.47. The van der Waals surface area contributed by atoms with E-state index in [0.717, 1.165) is 23.6 Å². The molecule has 6 heteroatoms. The lowest BCUT2D eigenvalue weighted by molar-refractivity contribution is -0.121. The van der Waals surface area contributed by atoms with Crippen molar-refractivity contribution in [3.8, 4) is 0 Å². The molecule has 0 spiro atoms. The highest BCUT2D eigenvalue weighted by molar-refractivity contribution is 6.31. The van der Waals surface area contributed by atoms with Crippen molar-refractivity contribution in [2.24, 2.45) is 0 Å². The van der Waals surface area contributed by atoms with Crippen LogP contribution < -0.4 is 4.90 Å². The van der Waals surface area contributed by atoms with Crippen LogP contribution in [0, 0.1) is 20.8 Å². The van der Waals surface area contributed by atoms with Gasteiger partial charge in [0.25, 0.3) is 0 Å². The van der Waals surface area contributed by atoms with Crippen LogP contribution in [-0.2, 0) is 11.3 Å². The average Bonchev–Trinajstić information content (AvgIpc) is 2.78. The number of carbonyl (C=O) groups is 1. The van der Waals surface area contributed by atoms with Gasteiger partial charge in [-0.25, -0.2) is 0 Å². The molecule has 0 unspecified atom stereocenters. The largest absolute Gasteiger partial charge is 0.310 e. The SMILES string of the molecule is Cc1cc(C)cc(N2CCN(Cc3n[nH]c(C)c3Cl)CC2=O)c1. The lowest BCUT2D eigenvalue weighted by Crippen LogP contribution is -2.50. The smallest absolute Gasteiger partial charge is 0.241 e. The van der Waals surface area contributed by atoms with E-state index in [2.05, 4.69) is 47.1 Å². The van der Waals surface area contributed by atoms with Crippen molar-refractivity contribution in [3.05, 3.63) is 45.7 Å². The number of benzene rings is 1. The zero-order valence-corrected chi connectivity index (χ0v) is 14.4. The number of nitrogens with one attached hydrogen (secondary N) is 1. The van der Waals surface area contributed by atoms with Crippen molar-refractivity contribution in [3.63, 3.8) is 0 Å². The fraction of sp³-hybridized carbons (Fsp3) is 0.412. The molecule has 0 aliphatic carbocycles. The van der Waals surface area contributed by atoms with Gasteiger partial charge in [-0.15, -0.1) is 0 Å². The Morgan fingerprint density at radius 3 is 2.43 bits per heavy atom. The summed E-state index contributed by atoms with van der Waals surface area (Å²) < 4.78 is 0. The Labute approximate surface area is 141 Å². The van der Waals surface area contributed by atoms with E-state index in [1.807, 2.05) is 11.8 Å². The summed E-state index contributed by atoms with van der Waals surface area (Å²) in [6, 6.07) is 6.25. The van der Waals surface area contributed by atoms with Crippen molar-refractivity contribution in [1.82, 2.24) is 15.1 Å². The van der Waals surface area contributed by atoms with Crippen LogP contribution in [0.1, 0.15) is 22.5 Å². The van der Waals surface area contributed by atoms with Gasteiger partial charge in [-0.05, 0) is 44.0 Å². The van der Waals surface area contributed by atoms with Crippen LogP contribution in [0.25, 0.3) is 0 Å². The molecule has 0 radical (unpaired) electrons. The Morgan fingerprint density at radius 2 is 1.87 bits per heavy atom. The number of H-pyrrole nitrogens is 1. The fourth-order valence-corrected chi connectivity index (χ4v) is 3.16. The van der Waals surface area contributed by atoms with Gasteiger partial charge >= 0.3 is 0 Å². The normalized spacial score (nSPS) is 16.2. The minimum atomic E-state index is 0.115. The predicted molar refractivity (Wildman–Crippen MR) is 91.9 cm³/mol. The Morgan fingerprint density at radius 1 is 1.17 bits per heavy atom. The van der Waals surface area contributed by atoms with E-state index in [4.69, 9.17) is 11.6 Å². The van der Waals surface area contributed by atoms with Crippen LogP contribution in [0.4, 0.5) is 5.69 Å². The third-order valence-corrected chi connectivity index (χ3v) is 4.63. The second-order valence-corrected chi connectivity index (χ2v) is 6.59. The molecule has 122 valence electrons. The Kier molecular flexibility index (Phi) is 4.41. The number of aromatic amines is 1. The first kappa shape index (κ1) is 16.0. The van der Waals surface area contributed by atoms with E-state index in [1.165, 1.54) is 11.1 Å². The Hall–Kier alpha value is -1.85.